The molecule has 0 aliphatic carbocycles. The van der Waals surface area contributed by atoms with Gasteiger partial charge in [0.2, 0.25) is 0 Å². The van der Waals surface area contributed by atoms with Crippen molar-refractivity contribution in [1.82, 2.24) is 0 Å². The second-order valence-corrected chi connectivity index (χ2v) is 4.30. The quantitative estimate of drug-likeness (QED) is 0.506. The lowest BCUT2D eigenvalue weighted by Crippen LogP contribution is -1.87. The van der Waals surface area contributed by atoms with Crippen LogP contribution >= 0.6 is 0 Å². The Bertz CT molecular complexity index is 105. The summed E-state index contributed by atoms with van der Waals surface area (Å²) in [5.74, 6) is 0.903. The van der Waals surface area contributed by atoms with Gasteiger partial charge in [-0.15, -0.1) is 0 Å². The Morgan fingerprint density at radius 3 is 1.71 bits per heavy atom. The first-order valence-electron chi connectivity index (χ1n) is 6.03. The Hall–Kier alpha value is -0.510. The molecule has 0 amide bonds. The molecule has 0 saturated heterocycles. The molecule has 0 aliphatic heterocycles. The van der Waals surface area contributed by atoms with Crippen molar-refractivity contribution in [2.24, 2.45) is 5.92 Å². The molecular formula is C13H27N. The molecule has 1 heteroatoms. The Balaban J connectivity index is 0. The SMILES string of the molecule is C#N.CCCCCCCCCC(C)C. The standard InChI is InChI=1S/C12H26.CHN/c1-4-5-6-7-8-9-10-11-12(2)3;1-2/h12H,4-11H2,1-3H3;1H. The van der Waals surface area contributed by atoms with E-state index in [4.69, 9.17) is 5.26 Å². The van der Waals surface area contributed by atoms with Gasteiger partial charge in [-0.1, -0.05) is 72.1 Å². The van der Waals surface area contributed by atoms with Crippen LogP contribution < -0.4 is 0 Å². The van der Waals surface area contributed by atoms with Crippen LogP contribution in [-0.4, -0.2) is 0 Å². The highest BCUT2D eigenvalue weighted by Gasteiger charge is 1.93. The van der Waals surface area contributed by atoms with Gasteiger partial charge in [0, 0.05) is 6.57 Å². The van der Waals surface area contributed by atoms with E-state index in [1.807, 2.05) is 0 Å². The van der Waals surface area contributed by atoms with E-state index in [1.165, 1.54) is 51.4 Å². The zero-order valence-electron chi connectivity index (χ0n) is 10.3. The van der Waals surface area contributed by atoms with Gasteiger partial charge in [-0.2, -0.15) is 0 Å². The van der Waals surface area contributed by atoms with Crippen LogP contribution in [0.5, 0.6) is 0 Å². The summed E-state index contributed by atoms with van der Waals surface area (Å²) in [5, 5.41) is 6.50. The number of unbranched alkanes of at least 4 members (excludes halogenated alkanes) is 6. The molecule has 0 aromatic heterocycles. The number of hydrogen-bond acceptors (Lipinski definition) is 1. The summed E-state index contributed by atoms with van der Waals surface area (Å²) in [6.07, 6.45) is 11.5. The van der Waals surface area contributed by atoms with Gasteiger partial charge in [0.05, 0.1) is 0 Å². The number of hydrogen-bond donors (Lipinski definition) is 0. The second kappa shape index (κ2) is 15.0. The molecule has 0 aromatic rings. The van der Waals surface area contributed by atoms with Crippen molar-refractivity contribution in [1.29, 1.82) is 5.26 Å². The van der Waals surface area contributed by atoms with Gasteiger partial charge in [0.25, 0.3) is 0 Å². The Morgan fingerprint density at radius 2 is 1.29 bits per heavy atom. The maximum atomic E-state index is 6.50. The fourth-order valence-corrected chi connectivity index (χ4v) is 1.51. The lowest BCUT2D eigenvalue weighted by molar-refractivity contribution is 0.511. The Kier molecular flexibility index (Phi) is 17.1. The van der Waals surface area contributed by atoms with E-state index in [-0.39, 0.29) is 0 Å². The van der Waals surface area contributed by atoms with Crippen molar-refractivity contribution < 1.29 is 0 Å². The van der Waals surface area contributed by atoms with Crippen molar-refractivity contribution in [2.75, 3.05) is 0 Å². The summed E-state index contributed by atoms with van der Waals surface area (Å²) in [5.41, 5.74) is 0. The minimum Gasteiger partial charge on any atom is -0.202 e. The van der Waals surface area contributed by atoms with Crippen LogP contribution in [0.2, 0.25) is 0 Å². The molecule has 14 heavy (non-hydrogen) atoms. The summed E-state index contributed by atoms with van der Waals surface area (Å²) in [6.45, 7) is 10.4. The molecule has 0 N–H and O–H groups in total. The highest BCUT2D eigenvalue weighted by molar-refractivity contribution is 4.48. The molecule has 0 radical (unpaired) electrons. The highest BCUT2D eigenvalue weighted by atomic mass is 14.2. The van der Waals surface area contributed by atoms with Crippen LogP contribution in [0.3, 0.4) is 0 Å². The molecule has 0 heterocycles. The van der Waals surface area contributed by atoms with Gasteiger partial charge in [0.1, 0.15) is 0 Å². The van der Waals surface area contributed by atoms with E-state index in [0.29, 0.717) is 0 Å². The molecule has 0 unspecified atom stereocenters. The number of nitrogens with zero attached hydrogens (tertiary/aromatic N) is 1. The third kappa shape index (κ3) is 17.5. The van der Waals surface area contributed by atoms with Crippen molar-refractivity contribution in [3.05, 3.63) is 0 Å². The van der Waals surface area contributed by atoms with E-state index in [2.05, 4.69) is 27.3 Å². The predicted octanol–water partition coefficient (Wildman–Crippen LogP) is 4.92. The molecule has 0 fully saturated rings. The summed E-state index contributed by atoms with van der Waals surface area (Å²) >= 11 is 0. The molecule has 0 rings (SSSR count). The Labute approximate surface area is 90.5 Å². The highest BCUT2D eigenvalue weighted by Crippen LogP contribution is 2.11. The van der Waals surface area contributed by atoms with Crippen LogP contribution in [0.15, 0.2) is 0 Å². The molecule has 0 bridgehead atoms. The molecule has 0 aromatic carbocycles. The van der Waals surface area contributed by atoms with Crippen LogP contribution in [0.25, 0.3) is 0 Å². The van der Waals surface area contributed by atoms with Gasteiger partial charge < -0.3 is 0 Å². The van der Waals surface area contributed by atoms with Gasteiger partial charge in [-0.25, -0.2) is 5.26 Å². The summed E-state index contributed by atoms with van der Waals surface area (Å²) < 4.78 is 0. The van der Waals surface area contributed by atoms with Gasteiger partial charge in [-0.3, -0.25) is 0 Å². The molecule has 1 nitrogen and oxygen atoms in total. The van der Waals surface area contributed by atoms with Crippen LogP contribution in [0, 0.1) is 17.8 Å². The van der Waals surface area contributed by atoms with E-state index >= 15 is 0 Å². The van der Waals surface area contributed by atoms with Crippen molar-refractivity contribution in [3.8, 4) is 6.57 Å². The summed E-state index contributed by atoms with van der Waals surface area (Å²) in [7, 11) is 0. The molecule has 0 atom stereocenters. The third-order valence-electron chi connectivity index (χ3n) is 2.39. The summed E-state index contributed by atoms with van der Waals surface area (Å²) in [4.78, 5) is 0. The molecule has 0 spiro atoms. The van der Waals surface area contributed by atoms with Crippen LogP contribution in [0.1, 0.15) is 72.1 Å². The first-order chi connectivity index (χ1) is 6.77. The van der Waals surface area contributed by atoms with Crippen molar-refractivity contribution in [2.45, 2.75) is 72.1 Å². The van der Waals surface area contributed by atoms with Gasteiger partial charge >= 0.3 is 0 Å². The third-order valence-corrected chi connectivity index (χ3v) is 2.39. The van der Waals surface area contributed by atoms with E-state index < -0.39 is 0 Å². The lowest BCUT2D eigenvalue weighted by Gasteiger charge is -2.03. The largest absolute Gasteiger partial charge is 0.202 e. The van der Waals surface area contributed by atoms with E-state index in [9.17, 15) is 0 Å². The van der Waals surface area contributed by atoms with E-state index in [0.717, 1.165) is 5.92 Å². The fraction of sp³-hybridized carbons (Fsp3) is 0.923. The first kappa shape index (κ1) is 15.9. The predicted molar refractivity (Wildman–Crippen MR) is 64.1 cm³/mol. The molecule has 84 valence electrons. The molecular weight excluding hydrogens is 170 g/mol. The van der Waals surface area contributed by atoms with Crippen molar-refractivity contribution >= 4 is 0 Å². The molecule has 0 aliphatic rings. The zero-order chi connectivity index (χ0) is 11.2. The maximum Gasteiger partial charge on any atom is 0.0462 e. The fourth-order valence-electron chi connectivity index (χ4n) is 1.51. The second-order valence-electron chi connectivity index (χ2n) is 4.30. The van der Waals surface area contributed by atoms with Gasteiger partial charge in [-0.05, 0) is 5.92 Å². The minimum absolute atomic E-state index is 0.903. The lowest BCUT2D eigenvalue weighted by atomic mass is 10.0. The summed E-state index contributed by atoms with van der Waals surface area (Å²) in [6, 6.07) is 0. The van der Waals surface area contributed by atoms with Crippen LogP contribution in [-0.2, 0) is 0 Å². The average Bonchev–Trinajstić information content (AvgIpc) is 2.19. The van der Waals surface area contributed by atoms with Crippen LogP contribution in [0.4, 0.5) is 0 Å². The van der Waals surface area contributed by atoms with Crippen molar-refractivity contribution in [3.63, 3.8) is 0 Å². The molecule has 0 saturated carbocycles. The normalized spacial score (nSPS) is 9.57. The minimum atomic E-state index is 0.903. The van der Waals surface area contributed by atoms with Gasteiger partial charge in [0.15, 0.2) is 0 Å². The topological polar surface area (TPSA) is 23.8 Å². The smallest absolute Gasteiger partial charge is 0.0462 e. The maximum absolute atomic E-state index is 6.50. The number of nitriles is 1. The van der Waals surface area contributed by atoms with E-state index in [1.54, 1.807) is 0 Å². The zero-order valence-corrected chi connectivity index (χ0v) is 10.3. The number of rotatable bonds is 8. The average molecular weight is 197 g/mol. The first-order valence-corrected chi connectivity index (χ1v) is 6.03. The monoisotopic (exact) mass is 197 g/mol. The Morgan fingerprint density at radius 1 is 0.857 bits per heavy atom.